The molecule has 17 heavy (non-hydrogen) atoms. The van der Waals surface area contributed by atoms with Crippen molar-refractivity contribution in [3.8, 4) is 0 Å². The SMILES string of the molecule is CCc1nc(C2CCCCC2)n(C(C)C)c1N. The summed E-state index contributed by atoms with van der Waals surface area (Å²) in [6, 6.07) is 0.416. The molecule has 2 rings (SSSR count). The molecule has 1 heterocycles. The fraction of sp³-hybridized carbons (Fsp3) is 0.786. The molecule has 0 spiro atoms. The van der Waals surface area contributed by atoms with E-state index in [2.05, 4.69) is 25.3 Å². The van der Waals surface area contributed by atoms with E-state index in [4.69, 9.17) is 10.7 Å². The van der Waals surface area contributed by atoms with Gasteiger partial charge in [0.1, 0.15) is 11.6 Å². The molecule has 0 saturated heterocycles. The van der Waals surface area contributed by atoms with Gasteiger partial charge in [-0.25, -0.2) is 4.98 Å². The fourth-order valence-corrected chi connectivity index (χ4v) is 2.96. The smallest absolute Gasteiger partial charge is 0.127 e. The number of hydrogen-bond donors (Lipinski definition) is 1. The Morgan fingerprint density at radius 2 is 1.94 bits per heavy atom. The lowest BCUT2D eigenvalue weighted by molar-refractivity contribution is 0.407. The Labute approximate surface area is 104 Å². The van der Waals surface area contributed by atoms with Crippen LogP contribution in [0.5, 0.6) is 0 Å². The van der Waals surface area contributed by atoms with Crippen LogP contribution in [0.25, 0.3) is 0 Å². The Balaban J connectivity index is 2.37. The number of imidazole rings is 1. The average Bonchev–Trinajstić information content (AvgIpc) is 2.67. The highest BCUT2D eigenvalue weighted by Gasteiger charge is 2.24. The van der Waals surface area contributed by atoms with Crippen molar-refractivity contribution in [3.63, 3.8) is 0 Å². The van der Waals surface area contributed by atoms with Crippen molar-refractivity contribution < 1.29 is 0 Å². The first-order valence-corrected chi connectivity index (χ1v) is 7.01. The summed E-state index contributed by atoms with van der Waals surface area (Å²) in [5, 5.41) is 0. The summed E-state index contributed by atoms with van der Waals surface area (Å²) in [7, 11) is 0. The first kappa shape index (κ1) is 12.5. The molecule has 3 nitrogen and oxygen atoms in total. The third-order valence-electron chi connectivity index (χ3n) is 3.87. The van der Waals surface area contributed by atoms with Gasteiger partial charge in [-0.05, 0) is 33.1 Å². The number of nitrogens with two attached hydrogens (primary N) is 1. The van der Waals surface area contributed by atoms with E-state index in [0.29, 0.717) is 12.0 Å². The van der Waals surface area contributed by atoms with E-state index in [1.54, 1.807) is 0 Å². The zero-order valence-electron chi connectivity index (χ0n) is 11.4. The first-order chi connectivity index (χ1) is 8.15. The molecule has 1 aliphatic rings. The maximum Gasteiger partial charge on any atom is 0.127 e. The Kier molecular flexibility index (Phi) is 3.75. The minimum absolute atomic E-state index is 0.416. The second-order valence-corrected chi connectivity index (χ2v) is 5.45. The monoisotopic (exact) mass is 235 g/mol. The first-order valence-electron chi connectivity index (χ1n) is 7.01. The molecule has 0 radical (unpaired) electrons. The van der Waals surface area contributed by atoms with Crippen LogP contribution in [0.4, 0.5) is 5.82 Å². The van der Waals surface area contributed by atoms with E-state index >= 15 is 0 Å². The molecule has 1 aliphatic carbocycles. The highest BCUT2D eigenvalue weighted by Crippen LogP contribution is 2.35. The highest BCUT2D eigenvalue weighted by molar-refractivity contribution is 5.39. The van der Waals surface area contributed by atoms with Gasteiger partial charge in [-0.15, -0.1) is 0 Å². The molecule has 0 bridgehead atoms. The highest BCUT2D eigenvalue weighted by atomic mass is 15.2. The van der Waals surface area contributed by atoms with E-state index in [1.165, 1.54) is 37.9 Å². The van der Waals surface area contributed by atoms with E-state index in [0.717, 1.165) is 17.9 Å². The summed E-state index contributed by atoms with van der Waals surface area (Å²) in [5.74, 6) is 2.77. The minimum atomic E-state index is 0.416. The predicted molar refractivity (Wildman–Crippen MR) is 72.2 cm³/mol. The van der Waals surface area contributed by atoms with Crippen molar-refractivity contribution in [3.05, 3.63) is 11.5 Å². The Bertz CT molecular complexity index is 373. The molecule has 3 heteroatoms. The zero-order valence-corrected chi connectivity index (χ0v) is 11.4. The quantitative estimate of drug-likeness (QED) is 0.869. The average molecular weight is 235 g/mol. The van der Waals surface area contributed by atoms with E-state index in [9.17, 15) is 0 Å². The molecule has 0 aliphatic heterocycles. The summed E-state index contributed by atoms with van der Waals surface area (Å²) < 4.78 is 2.26. The number of anilines is 1. The van der Waals surface area contributed by atoms with Gasteiger partial charge in [0.05, 0.1) is 5.69 Å². The van der Waals surface area contributed by atoms with Crippen LogP contribution in [0, 0.1) is 0 Å². The van der Waals surface area contributed by atoms with Crippen molar-refractivity contribution in [1.29, 1.82) is 0 Å². The lowest BCUT2D eigenvalue weighted by Crippen LogP contribution is -2.15. The van der Waals surface area contributed by atoms with Gasteiger partial charge in [0, 0.05) is 12.0 Å². The molecule has 0 atom stereocenters. The van der Waals surface area contributed by atoms with Crippen LogP contribution in [0.1, 0.15) is 76.4 Å². The van der Waals surface area contributed by atoms with Crippen molar-refractivity contribution in [2.75, 3.05) is 5.73 Å². The summed E-state index contributed by atoms with van der Waals surface area (Å²) in [5.41, 5.74) is 7.31. The number of rotatable bonds is 3. The van der Waals surface area contributed by atoms with Crippen LogP contribution in [-0.2, 0) is 6.42 Å². The molecule has 0 aromatic carbocycles. The van der Waals surface area contributed by atoms with E-state index < -0.39 is 0 Å². The summed E-state index contributed by atoms with van der Waals surface area (Å²) in [6.07, 6.45) is 7.58. The largest absolute Gasteiger partial charge is 0.384 e. The molecule has 96 valence electrons. The van der Waals surface area contributed by atoms with Crippen LogP contribution in [-0.4, -0.2) is 9.55 Å². The number of nitrogen functional groups attached to an aromatic ring is 1. The molecular weight excluding hydrogens is 210 g/mol. The van der Waals surface area contributed by atoms with Gasteiger partial charge in [0.25, 0.3) is 0 Å². The van der Waals surface area contributed by atoms with E-state index in [-0.39, 0.29) is 0 Å². The van der Waals surface area contributed by atoms with Gasteiger partial charge < -0.3 is 10.3 Å². The summed E-state index contributed by atoms with van der Waals surface area (Å²) in [6.45, 7) is 6.53. The van der Waals surface area contributed by atoms with Crippen molar-refractivity contribution in [1.82, 2.24) is 9.55 Å². The maximum atomic E-state index is 6.22. The Morgan fingerprint density at radius 1 is 1.29 bits per heavy atom. The summed E-state index contributed by atoms with van der Waals surface area (Å²) >= 11 is 0. The molecule has 2 N–H and O–H groups in total. The van der Waals surface area contributed by atoms with Crippen molar-refractivity contribution in [2.24, 2.45) is 0 Å². The second kappa shape index (κ2) is 5.11. The summed E-state index contributed by atoms with van der Waals surface area (Å²) in [4.78, 5) is 4.81. The third-order valence-corrected chi connectivity index (χ3v) is 3.87. The van der Waals surface area contributed by atoms with Crippen LogP contribution in [0.15, 0.2) is 0 Å². The number of aryl methyl sites for hydroxylation is 1. The lowest BCUT2D eigenvalue weighted by atomic mass is 9.88. The Morgan fingerprint density at radius 3 is 2.47 bits per heavy atom. The van der Waals surface area contributed by atoms with E-state index in [1.807, 2.05) is 0 Å². The van der Waals surface area contributed by atoms with Crippen molar-refractivity contribution in [2.45, 2.75) is 71.3 Å². The number of hydrogen-bond acceptors (Lipinski definition) is 2. The number of aromatic nitrogens is 2. The normalized spacial score (nSPS) is 17.9. The topological polar surface area (TPSA) is 43.8 Å². The predicted octanol–water partition coefficient (Wildman–Crippen LogP) is 3.66. The number of nitrogens with zero attached hydrogens (tertiary/aromatic N) is 2. The van der Waals surface area contributed by atoms with Crippen LogP contribution >= 0.6 is 0 Å². The second-order valence-electron chi connectivity index (χ2n) is 5.45. The van der Waals surface area contributed by atoms with Gasteiger partial charge in [0.15, 0.2) is 0 Å². The lowest BCUT2D eigenvalue weighted by Gasteiger charge is -2.24. The minimum Gasteiger partial charge on any atom is -0.384 e. The third kappa shape index (κ3) is 2.33. The zero-order chi connectivity index (χ0) is 12.4. The van der Waals surface area contributed by atoms with Crippen LogP contribution < -0.4 is 5.73 Å². The van der Waals surface area contributed by atoms with Crippen LogP contribution in [0.2, 0.25) is 0 Å². The van der Waals surface area contributed by atoms with Gasteiger partial charge in [-0.1, -0.05) is 26.2 Å². The van der Waals surface area contributed by atoms with Gasteiger partial charge in [-0.2, -0.15) is 0 Å². The Hall–Kier alpha value is -0.990. The van der Waals surface area contributed by atoms with Gasteiger partial charge >= 0.3 is 0 Å². The van der Waals surface area contributed by atoms with Crippen LogP contribution in [0.3, 0.4) is 0 Å². The molecule has 0 amide bonds. The van der Waals surface area contributed by atoms with Gasteiger partial charge in [0.2, 0.25) is 0 Å². The fourth-order valence-electron chi connectivity index (χ4n) is 2.96. The molecular formula is C14H25N3. The van der Waals surface area contributed by atoms with Gasteiger partial charge in [-0.3, -0.25) is 0 Å². The molecule has 0 unspecified atom stereocenters. The molecule has 1 aromatic heterocycles. The maximum absolute atomic E-state index is 6.22. The molecule has 1 saturated carbocycles. The molecule has 1 fully saturated rings. The van der Waals surface area contributed by atoms with Crippen molar-refractivity contribution >= 4 is 5.82 Å². The molecule has 1 aromatic rings. The standard InChI is InChI=1S/C14H25N3/c1-4-12-13(15)17(10(2)3)14(16-12)11-8-6-5-7-9-11/h10-11H,4-9,15H2,1-3H3.